The highest BCUT2D eigenvalue weighted by atomic mass is 32.2. The highest BCUT2D eigenvalue weighted by Gasteiger charge is 2.33. The molecule has 2 aliphatic rings. The maximum absolute atomic E-state index is 13.0. The van der Waals surface area contributed by atoms with E-state index in [1.165, 1.54) is 6.42 Å². The van der Waals surface area contributed by atoms with Crippen LogP contribution in [0.2, 0.25) is 0 Å². The highest BCUT2D eigenvalue weighted by Crippen LogP contribution is 2.25. The van der Waals surface area contributed by atoms with Crippen molar-refractivity contribution in [3.8, 4) is 0 Å². The second kappa shape index (κ2) is 8.74. The molecule has 2 saturated heterocycles. The number of nitrogens with zero attached hydrogens (tertiary/aromatic N) is 3. The zero-order valence-electron chi connectivity index (χ0n) is 18.2. The van der Waals surface area contributed by atoms with E-state index in [-0.39, 0.29) is 17.4 Å². The third kappa shape index (κ3) is 5.01. The maximum Gasteiger partial charge on any atom is 0.243 e. The molecule has 6 nitrogen and oxygen atoms in total. The third-order valence-electron chi connectivity index (χ3n) is 6.20. The summed E-state index contributed by atoms with van der Waals surface area (Å²) >= 11 is 0. The Bertz CT molecular complexity index is 801. The van der Waals surface area contributed by atoms with Crippen molar-refractivity contribution in [1.82, 2.24) is 14.1 Å². The number of carbonyl (C=O) groups is 1. The van der Waals surface area contributed by atoms with Crippen molar-refractivity contribution in [2.75, 3.05) is 39.3 Å². The largest absolute Gasteiger partial charge is 0.341 e. The normalized spacial score (nSPS) is 21.2. The number of rotatable bonds is 4. The van der Waals surface area contributed by atoms with Crippen LogP contribution in [0.1, 0.15) is 52.5 Å². The molecular weight excluding hydrogens is 386 g/mol. The summed E-state index contributed by atoms with van der Waals surface area (Å²) in [6.45, 7) is 12.0. The number of piperazine rings is 1. The molecule has 3 rings (SSSR count). The van der Waals surface area contributed by atoms with Crippen molar-refractivity contribution in [3.63, 3.8) is 0 Å². The van der Waals surface area contributed by atoms with E-state index in [4.69, 9.17) is 0 Å². The Balaban J connectivity index is 1.61. The van der Waals surface area contributed by atoms with E-state index in [1.54, 1.807) is 16.4 Å². The predicted molar refractivity (Wildman–Crippen MR) is 115 cm³/mol. The molecular formula is C22H35N3O3S. The smallest absolute Gasteiger partial charge is 0.243 e. The number of hydrogen-bond donors (Lipinski definition) is 0. The second-order valence-corrected chi connectivity index (χ2v) is 11.2. The van der Waals surface area contributed by atoms with E-state index in [0.29, 0.717) is 31.1 Å². The summed E-state index contributed by atoms with van der Waals surface area (Å²) in [5, 5.41) is 0. The molecule has 0 spiro atoms. The lowest BCUT2D eigenvalue weighted by atomic mass is 9.87. The first-order chi connectivity index (χ1) is 13.6. The minimum absolute atomic E-state index is 0.00898. The van der Waals surface area contributed by atoms with Crippen LogP contribution in [0.5, 0.6) is 0 Å². The fourth-order valence-electron chi connectivity index (χ4n) is 4.14. The first-order valence-corrected chi connectivity index (χ1v) is 12.2. The molecule has 0 radical (unpaired) electrons. The molecule has 0 saturated carbocycles. The van der Waals surface area contributed by atoms with Crippen molar-refractivity contribution < 1.29 is 13.2 Å². The van der Waals surface area contributed by atoms with Gasteiger partial charge in [0.15, 0.2) is 0 Å². The molecule has 2 aliphatic heterocycles. The summed E-state index contributed by atoms with van der Waals surface area (Å²) in [4.78, 5) is 17.2. The van der Waals surface area contributed by atoms with Gasteiger partial charge >= 0.3 is 0 Å². The Labute approximate surface area is 175 Å². The van der Waals surface area contributed by atoms with Crippen molar-refractivity contribution in [3.05, 3.63) is 29.8 Å². The van der Waals surface area contributed by atoms with Crippen LogP contribution >= 0.6 is 0 Å². The first-order valence-electron chi connectivity index (χ1n) is 10.7. The Morgan fingerprint density at radius 2 is 1.45 bits per heavy atom. The number of carbonyl (C=O) groups excluding carboxylic acids is 1. The summed E-state index contributed by atoms with van der Waals surface area (Å²) in [5.74, 6) is 0.179. The Morgan fingerprint density at radius 1 is 0.897 bits per heavy atom. The maximum atomic E-state index is 13.0. The van der Waals surface area contributed by atoms with Gasteiger partial charge in [-0.3, -0.25) is 9.69 Å². The molecule has 0 N–H and O–H groups in total. The van der Waals surface area contributed by atoms with Gasteiger partial charge in [-0.05, 0) is 49.3 Å². The van der Waals surface area contributed by atoms with E-state index in [1.807, 2.05) is 24.0 Å². The topological polar surface area (TPSA) is 60.9 Å². The van der Waals surface area contributed by atoms with Gasteiger partial charge in [-0.2, -0.15) is 4.31 Å². The lowest BCUT2D eigenvalue weighted by molar-refractivity contribution is -0.137. The van der Waals surface area contributed by atoms with Crippen molar-refractivity contribution in [2.24, 2.45) is 0 Å². The summed E-state index contributed by atoms with van der Waals surface area (Å²) in [6.07, 6.45) is 3.36. The van der Waals surface area contributed by atoms with Crippen LogP contribution < -0.4 is 0 Å². The molecule has 2 fully saturated rings. The molecule has 162 valence electrons. The molecule has 1 aromatic carbocycles. The van der Waals surface area contributed by atoms with Crippen LogP contribution in [0.25, 0.3) is 0 Å². The molecule has 1 amide bonds. The van der Waals surface area contributed by atoms with E-state index >= 15 is 0 Å². The molecule has 29 heavy (non-hydrogen) atoms. The van der Waals surface area contributed by atoms with Crippen LogP contribution in [0.3, 0.4) is 0 Å². The van der Waals surface area contributed by atoms with Crippen molar-refractivity contribution in [2.45, 2.75) is 63.3 Å². The van der Waals surface area contributed by atoms with Crippen LogP contribution in [-0.2, 0) is 20.2 Å². The second-order valence-electron chi connectivity index (χ2n) is 9.28. The lowest BCUT2D eigenvalue weighted by Crippen LogP contribution is -2.55. The highest BCUT2D eigenvalue weighted by molar-refractivity contribution is 7.89. The third-order valence-corrected chi connectivity index (χ3v) is 8.12. The quantitative estimate of drug-likeness (QED) is 0.750. The fraction of sp³-hybridized carbons (Fsp3) is 0.682. The molecule has 0 aliphatic carbocycles. The van der Waals surface area contributed by atoms with Crippen molar-refractivity contribution in [1.29, 1.82) is 0 Å². The zero-order valence-corrected chi connectivity index (χ0v) is 19.0. The van der Waals surface area contributed by atoms with Gasteiger partial charge in [0.25, 0.3) is 0 Å². The molecule has 0 unspecified atom stereocenters. The van der Waals surface area contributed by atoms with E-state index < -0.39 is 10.0 Å². The van der Waals surface area contributed by atoms with Crippen LogP contribution in [-0.4, -0.2) is 73.7 Å². The SMILES string of the molecule is C[C@H](C(=O)N1CCCCC1)N1CCN(S(=O)(=O)c2ccc(C(C)(C)C)cc2)CC1. The van der Waals surface area contributed by atoms with E-state index in [9.17, 15) is 13.2 Å². The number of piperidine rings is 1. The molecule has 0 aromatic heterocycles. The summed E-state index contributed by atoms with van der Waals surface area (Å²) in [7, 11) is -3.50. The lowest BCUT2D eigenvalue weighted by Gasteiger charge is -2.39. The van der Waals surface area contributed by atoms with Gasteiger partial charge in [0.05, 0.1) is 10.9 Å². The van der Waals surface area contributed by atoms with Crippen LogP contribution in [0, 0.1) is 0 Å². The number of sulfonamides is 1. The van der Waals surface area contributed by atoms with Gasteiger partial charge in [-0.15, -0.1) is 0 Å². The standard InChI is InChI=1S/C22H35N3O3S/c1-18(21(26)24-12-6-5-7-13-24)23-14-16-25(17-15-23)29(27,28)20-10-8-19(9-11-20)22(2,3)4/h8-11,18H,5-7,12-17H2,1-4H3/t18-/m1/s1. The Morgan fingerprint density at radius 3 is 1.97 bits per heavy atom. The van der Waals surface area contributed by atoms with Crippen LogP contribution in [0.15, 0.2) is 29.2 Å². The van der Waals surface area contributed by atoms with Crippen LogP contribution in [0.4, 0.5) is 0 Å². The average molecular weight is 422 g/mol. The van der Waals surface area contributed by atoms with Gasteiger partial charge in [-0.1, -0.05) is 32.9 Å². The average Bonchev–Trinajstić information content (AvgIpc) is 2.73. The molecule has 0 bridgehead atoms. The first kappa shape index (κ1) is 22.2. The van der Waals surface area contributed by atoms with Gasteiger partial charge in [0, 0.05) is 39.3 Å². The summed E-state index contributed by atoms with van der Waals surface area (Å²) in [6, 6.07) is 7.05. The molecule has 7 heteroatoms. The monoisotopic (exact) mass is 421 g/mol. The Hall–Kier alpha value is -1.44. The number of hydrogen-bond acceptors (Lipinski definition) is 4. The van der Waals surface area contributed by atoms with Gasteiger partial charge in [-0.25, -0.2) is 8.42 Å². The number of benzene rings is 1. The summed E-state index contributed by atoms with van der Waals surface area (Å²) < 4.78 is 27.6. The van der Waals surface area contributed by atoms with Gasteiger partial charge in [0.1, 0.15) is 0 Å². The predicted octanol–water partition coefficient (Wildman–Crippen LogP) is 2.69. The minimum Gasteiger partial charge on any atom is -0.341 e. The number of amides is 1. The molecule has 1 aromatic rings. The van der Waals surface area contributed by atoms with Gasteiger partial charge in [0.2, 0.25) is 15.9 Å². The molecule has 1 atom stereocenters. The molecule has 2 heterocycles. The van der Waals surface area contributed by atoms with Crippen molar-refractivity contribution >= 4 is 15.9 Å². The zero-order chi connectivity index (χ0) is 21.2. The van der Waals surface area contributed by atoms with E-state index in [0.717, 1.165) is 31.5 Å². The van der Waals surface area contributed by atoms with Gasteiger partial charge < -0.3 is 4.90 Å². The fourth-order valence-corrected chi connectivity index (χ4v) is 5.56. The summed E-state index contributed by atoms with van der Waals surface area (Å²) in [5.41, 5.74) is 1.11. The number of likely N-dealkylation sites (tertiary alicyclic amines) is 1. The van der Waals surface area contributed by atoms with E-state index in [2.05, 4.69) is 25.7 Å². The minimum atomic E-state index is -3.50. The Kier molecular flexibility index (Phi) is 6.70.